The van der Waals surface area contributed by atoms with Crippen molar-refractivity contribution in [3.05, 3.63) is 29.8 Å². The van der Waals surface area contributed by atoms with Crippen molar-refractivity contribution in [1.82, 2.24) is 5.32 Å². The van der Waals surface area contributed by atoms with Gasteiger partial charge in [0.2, 0.25) is 0 Å². The summed E-state index contributed by atoms with van der Waals surface area (Å²) in [7, 11) is 0. The van der Waals surface area contributed by atoms with Crippen molar-refractivity contribution in [2.24, 2.45) is 0 Å². The molecule has 2 heteroatoms. The van der Waals surface area contributed by atoms with Crippen LogP contribution in [0.25, 0.3) is 0 Å². The molecular formula is C15H25NS. The van der Waals surface area contributed by atoms with Crippen molar-refractivity contribution in [1.29, 1.82) is 0 Å². The van der Waals surface area contributed by atoms with Gasteiger partial charge in [-0.25, -0.2) is 0 Å². The van der Waals surface area contributed by atoms with Crippen LogP contribution in [0.15, 0.2) is 29.2 Å². The fourth-order valence-electron chi connectivity index (χ4n) is 1.54. The highest BCUT2D eigenvalue weighted by molar-refractivity contribution is 7.99. The van der Waals surface area contributed by atoms with Gasteiger partial charge in [-0.2, -0.15) is 0 Å². The highest BCUT2D eigenvalue weighted by Gasteiger charge is 2.07. The van der Waals surface area contributed by atoms with Gasteiger partial charge in [0.1, 0.15) is 0 Å². The lowest BCUT2D eigenvalue weighted by Crippen LogP contribution is -2.37. The second kappa shape index (κ2) is 6.46. The number of hydrogen-bond acceptors (Lipinski definition) is 2. The maximum Gasteiger partial charge on any atom is 0.0106 e. The third-order valence-electron chi connectivity index (χ3n) is 2.57. The second-order valence-corrected chi connectivity index (χ2v) is 6.92. The van der Waals surface area contributed by atoms with E-state index in [-0.39, 0.29) is 5.54 Å². The van der Waals surface area contributed by atoms with Crippen LogP contribution in [0, 0.1) is 0 Å². The van der Waals surface area contributed by atoms with Crippen LogP contribution in [0.4, 0.5) is 0 Å². The Hall–Kier alpha value is -0.470. The smallest absolute Gasteiger partial charge is 0.0106 e. The molecule has 17 heavy (non-hydrogen) atoms. The van der Waals surface area contributed by atoms with Crippen LogP contribution < -0.4 is 5.32 Å². The highest BCUT2D eigenvalue weighted by Crippen LogP contribution is 2.21. The molecule has 0 saturated heterocycles. The molecule has 0 aliphatic heterocycles. The van der Waals surface area contributed by atoms with Crippen molar-refractivity contribution < 1.29 is 0 Å². The Bertz CT molecular complexity index is 322. The largest absolute Gasteiger partial charge is 0.311 e. The fraction of sp³-hybridized carbons (Fsp3) is 0.600. The summed E-state index contributed by atoms with van der Waals surface area (Å²) in [6, 6.07) is 8.95. The van der Waals surface area contributed by atoms with E-state index in [4.69, 9.17) is 0 Å². The molecule has 96 valence electrons. The zero-order valence-electron chi connectivity index (χ0n) is 11.7. The first-order chi connectivity index (χ1) is 7.88. The zero-order chi connectivity index (χ0) is 12.9. The first-order valence-corrected chi connectivity index (χ1v) is 7.35. The molecule has 0 bridgehead atoms. The molecule has 1 aromatic rings. The minimum absolute atomic E-state index is 0.224. The van der Waals surface area contributed by atoms with Gasteiger partial charge in [0.05, 0.1) is 0 Å². The summed E-state index contributed by atoms with van der Waals surface area (Å²) in [5.74, 6) is 1.75. The van der Waals surface area contributed by atoms with E-state index in [1.807, 2.05) is 11.8 Å². The number of thioether (sulfide) groups is 1. The summed E-state index contributed by atoms with van der Waals surface area (Å²) >= 11 is 1.92. The number of nitrogens with one attached hydrogen (secondary N) is 1. The van der Waals surface area contributed by atoms with E-state index in [0.29, 0.717) is 5.92 Å². The second-order valence-electron chi connectivity index (χ2n) is 5.75. The Morgan fingerprint density at radius 2 is 1.71 bits per heavy atom. The zero-order valence-corrected chi connectivity index (χ0v) is 12.5. The Morgan fingerprint density at radius 1 is 1.12 bits per heavy atom. The molecule has 1 nitrogen and oxygen atoms in total. The summed E-state index contributed by atoms with van der Waals surface area (Å²) in [6.45, 7) is 12.1. The van der Waals surface area contributed by atoms with Gasteiger partial charge in [-0.1, -0.05) is 26.0 Å². The summed E-state index contributed by atoms with van der Waals surface area (Å²) in [5, 5.41) is 3.50. The van der Waals surface area contributed by atoms with Gasteiger partial charge >= 0.3 is 0 Å². The van der Waals surface area contributed by atoms with Gasteiger partial charge in [0.15, 0.2) is 0 Å². The molecule has 0 fully saturated rings. The molecule has 0 atom stereocenters. The topological polar surface area (TPSA) is 12.0 Å². The third kappa shape index (κ3) is 6.13. The monoisotopic (exact) mass is 251 g/mol. The van der Waals surface area contributed by atoms with Crippen molar-refractivity contribution >= 4 is 11.8 Å². The molecule has 0 unspecified atom stereocenters. The summed E-state index contributed by atoms with van der Waals surface area (Å²) < 4.78 is 0. The summed E-state index contributed by atoms with van der Waals surface area (Å²) in [4.78, 5) is 1.37. The van der Waals surface area contributed by atoms with Crippen LogP contribution in [0.5, 0.6) is 0 Å². The molecule has 0 aromatic heterocycles. The van der Waals surface area contributed by atoms with Crippen molar-refractivity contribution in [3.63, 3.8) is 0 Å². The van der Waals surface area contributed by atoms with Crippen LogP contribution in [-0.2, 0) is 0 Å². The van der Waals surface area contributed by atoms with E-state index < -0.39 is 0 Å². The van der Waals surface area contributed by atoms with Gasteiger partial charge < -0.3 is 5.32 Å². The van der Waals surface area contributed by atoms with Crippen LogP contribution in [0.2, 0.25) is 0 Å². The Labute approximate surface area is 110 Å². The Morgan fingerprint density at radius 3 is 2.18 bits per heavy atom. The standard InChI is InChI=1S/C15H25NS/c1-12(2)13-6-8-14(9-7-13)17-11-10-16-15(3,4)5/h6-9,12,16H,10-11H2,1-5H3. The lowest BCUT2D eigenvalue weighted by atomic mass is 10.0. The molecule has 0 aliphatic carbocycles. The van der Waals surface area contributed by atoms with E-state index in [1.165, 1.54) is 10.5 Å². The van der Waals surface area contributed by atoms with Gasteiger partial charge in [-0.05, 0) is 44.4 Å². The van der Waals surface area contributed by atoms with Crippen molar-refractivity contribution in [3.8, 4) is 0 Å². The van der Waals surface area contributed by atoms with Crippen LogP contribution in [0.1, 0.15) is 46.1 Å². The van der Waals surface area contributed by atoms with Crippen LogP contribution >= 0.6 is 11.8 Å². The predicted molar refractivity (Wildman–Crippen MR) is 79.0 cm³/mol. The highest BCUT2D eigenvalue weighted by atomic mass is 32.2. The van der Waals surface area contributed by atoms with E-state index in [1.54, 1.807) is 0 Å². The molecule has 0 radical (unpaired) electrons. The molecule has 0 spiro atoms. The van der Waals surface area contributed by atoms with Crippen LogP contribution in [-0.4, -0.2) is 17.8 Å². The van der Waals surface area contributed by atoms with E-state index >= 15 is 0 Å². The molecule has 1 N–H and O–H groups in total. The van der Waals surface area contributed by atoms with Crippen molar-refractivity contribution in [2.45, 2.75) is 51.0 Å². The molecule has 0 heterocycles. The van der Waals surface area contributed by atoms with Crippen LogP contribution in [0.3, 0.4) is 0 Å². The van der Waals surface area contributed by atoms with Gasteiger partial charge in [0, 0.05) is 22.7 Å². The van der Waals surface area contributed by atoms with Crippen molar-refractivity contribution in [2.75, 3.05) is 12.3 Å². The summed E-state index contributed by atoms with van der Waals surface area (Å²) in [5.41, 5.74) is 1.64. The predicted octanol–water partition coefficient (Wildman–Crippen LogP) is 4.29. The molecule has 0 saturated carbocycles. The lowest BCUT2D eigenvalue weighted by Gasteiger charge is -2.20. The minimum atomic E-state index is 0.224. The number of hydrogen-bond donors (Lipinski definition) is 1. The van der Waals surface area contributed by atoms with Gasteiger partial charge in [-0.15, -0.1) is 11.8 Å². The summed E-state index contributed by atoms with van der Waals surface area (Å²) in [6.07, 6.45) is 0. The Balaban J connectivity index is 2.33. The van der Waals surface area contributed by atoms with E-state index in [2.05, 4.69) is 64.2 Å². The van der Waals surface area contributed by atoms with E-state index in [0.717, 1.165) is 12.3 Å². The molecule has 1 aromatic carbocycles. The molecule has 0 amide bonds. The maximum atomic E-state index is 3.50. The average Bonchev–Trinajstić information content (AvgIpc) is 2.24. The quantitative estimate of drug-likeness (QED) is 0.619. The fourth-order valence-corrected chi connectivity index (χ4v) is 2.31. The minimum Gasteiger partial charge on any atom is -0.311 e. The lowest BCUT2D eigenvalue weighted by molar-refractivity contribution is 0.441. The number of rotatable bonds is 5. The SMILES string of the molecule is CC(C)c1ccc(SCCNC(C)(C)C)cc1. The molecule has 0 aliphatic rings. The van der Waals surface area contributed by atoms with E-state index in [9.17, 15) is 0 Å². The first kappa shape index (κ1) is 14.6. The first-order valence-electron chi connectivity index (χ1n) is 6.36. The maximum absolute atomic E-state index is 3.50. The molecular weight excluding hydrogens is 226 g/mol. The normalized spacial score (nSPS) is 12.1. The third-order valence-corrected chi connectivity index (χ3v) is 3.59. The average molecular weight is 251 g/mol. The Kier molecular flexibility index (Phi) is 5.54. The number of benzene rings is 1. The van der Waals surface area contributed by atoms with Gasteiger partial charge in [0.25, 0.3) is 0 Å². The van der Waals surface area contributed by atoms with Gasteiger partial charge in [-0.3, -0.25) is 0 Å². The molecule has 1 rings (SSSR count).